The van der Waals surface area contributed by atoms with E-state index in [0.717, 1.165) is 51.8 Å². The monoisotopic (exact) mass is 400 g/mol. The molecule has 2 heterocycles. The summed E-state index contributed by atoms with van der Waals surface area (Å²) in [4.78, 5) is 20.8. The predicted octanol–water partition coefficient (Wildman–Crippen LogP) is 5.08. The molecule has 0 amide bonds. The van der Waals surface area contributed by atoms with Gasteiger partial charge < -0.3 is 4.74 Å². The lowest BCUT2D eigenvalue weighted by Crippen LogP contribution is -2.22. The number of methoxy groups -OCH3 is 1. The Labute approximate surface area is 167 Å². The average Bonchev–Trinajstić information content (AvgIpc) is 3.05. The summed E-state index contributed by atoms with van der Waals surface area (Å²) >= 11 is 3.38. The molecule has 0 atom stereocenters. The second kappa shape index (κ2) is 7.68. The maximum Gasteiger partial charge on any atom is 0.267 e. The summed E-state index contributed by atoms with van der Waals surface area (Å²) in [5.41, 5.74) is 2.15. The second-order valence-electron chi connectivity index (χ2n) is 7.33. The second-order valence-corrected chi connectivity index (χ2v) is 9.40. The Morgan fingerprint density at radius 2 is 1.96 bits per heavy atom. The van der Waals surface area contributed by atoms with Gasteiger partial charge in [-0.05, 0) is 61.4 Å². The molecule has 1 aromatic carbocycles. The van der Waals surface area contributed by atoms with Crippen LogP contribution in [0.1, 0.15) is 37.1 Å². The first kappa shape index (κ1) is 18.6. The number of thioether (sulfide) groups is 1. The zero-order valence-corrected chi connectivity index (χ0v) is 17.6. The molecule has 0 spiro atoms. The van der Waals surface area contributed by atoms with E-state index in [-0.39, 0.29) is 5.56 Å². The summed E-state index contributed by atoms with van der Waals surface area (Å²) in [6.07, 6.45) is 4.44. The molecule has 0 unspecified atom stereocenters. The third kappa shape index (κ3) is 3.52. The molecule has 0 saturated carbocycles. The Morgan fingerprint density at radius 1 is 1.22 bits per heavy atom. The topological polar surface area (TPSA) is 44.1 Å². The van der Waals surface area contributed by atoms with Crippen molar-refractivity contribution < 1.29 is 4.74 Å². The number of aromatic nitrogens is 2. The maximum absolute atomic E-state index is 13.6. The lowest BCUT2D eigenvalue weighted by atomic mass is 9.97. The smallest absolute Gasteiger partial charge is 0.267 e. The van der Waals surface area contributed by atoms with Crippen molar-refractivity contribution in [2.24, 2.45) is 5.92 Å². The molecule has 6 heteroatoms. The molecule has 3 aromatic rings. The van der Waals surface area contributed by atoms with Crippen molar-refractivity contribution in [2.45, 2.75) is 44.7 Å². The molecule has 0 saturated heterocycles. The van der Waals surface area contributed by atoms with Gasteiger partial charge in [-0.3, -0.25) is 9.36 Å². The van der Waals surface area contributed by atoms with Crippen LogP contribution in [0.25, 0.3) is 15.9 Å². The first-order chi connectivity index (χ1) is 13.1. The van der Waals surface area contributed by atoms with E-state index in [1.807, 2.05) is 24.3 Å². The SMILES string of the molecule is COc1ccc(-n2c(SCC(C)C)nc3sc4c(c3c2=O)CCCC4)cc1. The zero-order chi connectivity index (χ0) is 19.0. The quantitative estimate of drug-likeness (QED) is 0.442. The molecule has 27 heavy (non-hydrogen) atoms. The number of aryl methyl sites for hydroxylation is 2. The van der Waals surface area contributed by atoms with Crippen molar-refractivity contribution in [2.75, 3.05) is 12.9 Å². The van der Waals surface area contributed by atoms with E-state index in [2.05, 4.69) is 13.8 Å². The molecule has 4 nitrogen and oxygen atoms in total. The molecular formula is C21H24N2O2S2. The molecule has 1 aliphatic carbocycles. The van der Waals surface area contributed by atoms with Crippen LogP contribution in [0.4, 0.5) is 0 Å². The van der Waals surface area contributed by atoms with Gasteiger partial charge in [-0.15, -0.1) is 11.3 Å². The lowest BCUT2D eigenvalue weighted by molar-refractivity contribution is 0.414. The van der Waals surface area contributed by atoms with Gasteiger partial charge in [-0.1, -0.05) is 25.6 Å². The van der Waals surface area contributed by atoms with Gasteiger partial charge in [0.2, 0.25) is 0 Å². The van der Waals surface area contributed by atoms with E-state index in [1.54, 1.807) is 34.8 Å². The summed E-state index contributed by atoms with van der Waals surface area (Å²) in [6, 6.07) is 7.66. The Balaban J connectivity index is 1.93. The fourth-order valence-electron chi connectivity index (χ4n) is 3.48. The summed E-state index contributed by atoms with van der Waals surface area (Å²) in [5, 5.41) is 1.62. The first-order valence-corrected chi connectivity index (χ1v) is 11.2. The number of hydrogen-bond donors (Lipinski definition) is 0. The third-order valence-electron chi connectivity index (χ3n) is 4.83. The molecule has 0 aliphatic heterocycles. The number of ether oxygens (including phenoxy) is 1. The van der Waals surface area contributed by atoms with Gasteiger partial charge in [-0.25, -0.2) is 4.98 Å². The number of benzene rings is 1. The standard InChI is InChI=1S/C21H24N2O2S2/c1-13(2)12-26-21-22-19-18(16-6-4-5-7-17(16)27-19)20(24)23(21)14-8-10-15(25-3)11-9-14/h8-11,13H,4-7,12H2,1-3H3. The predicted molar refractivity (Wildman–Crippen MR) is 114 cm³/mol. The molecule has 4 rings (SSSR count). The van der Waals surface area contributed by atoms with Gasteiger partial charge in [0, 0.05) is 10.6 Å². The van der Waals surface area contributed by atoms with E-state index in [4.69, 9.17) is 9.72 Å². The van der Waals surface area contributed by atoms with Crippen LogP contribution in [0.5, 0.6) is 5.75 Å². The van der Waals surface area contributed by atoms with E-state index in [0.29, 0.717) is 5.92 Å². The maximum atomic E-state index is 13.6. The fraction of sp³-hybridized carbons (Fsp3) is 0.429. The molecular weight excluding hydrogens is 376 g/mol. The van der Waals surface area contributed by atoms with Gasteiger partial charge in [0.25, 0.3) is 5.56 Å². The third-order valence-corrected chi connectivity index (χ3v) is 7.39. The number of fused-ring (bicyclic) bond motifs is 3. The summed E-state index contributed by atoms with van der Waals surface area (Å²) < 4.78 is 7.06. The Bertz CT molecular complexity index is 1020. The number of hydrogen-bond acceptors (Lipinski definition) is 5. The minimum absolute atomic E-state index is 0.0656. The molecule has 2 aromatic heterocycles. The normalized spacial score (nSPS) is 13.9. The van der Waals surface area contributed by atoms with Crippen molar-refractivity contribution >= 4 is 33.3 Å². The van der Waals surface area contributed by atoms with Crippen molar-refractivity contribution in [3.8, 4) is 11.4 Å². The van der Waals surface area contributed by atoms with Crippen LogP contribution in [-0.2, 0) is 12.8 Å². The molecule has 0 bridgehead atoms. The van der Waals surface area contributed by atoms with Gasteiger partial charge in [0.1, 0.15) is 10.6 Å². The average molecular weight is 401 g/mol. The largest absolute Gasteiger partial charge is 0.497 e. The lowest BCUT2D eigenvalue weighted by Gasteiger charge is -2.14. The van der Waals surface area contributed by atoms with Gasteiger partial charge in [0.15, 0.2) is 5.16 Å². The minimum atomic E-state index is 0.0656. The van der Waals surface area contributed by atoms with Gasteiger partial charge in [-0.2, -0.15) is 0 Å². The van der Waals surface area contributed by atoms with Crippen LogP contribution >= 0.6 is 23.1 Å². The minimum Gasteiger partial charge on any atom is -0.497 e. The molecule has 1 aliphatic rings. The Hall–Kier alpha value is -1.79. The summed E-state index contributed by atoms with van der Waals surface area (Å²) in [6.45, 7) is 4.37. The van der Waals surface area contributed by atoms with Gasteiger partial charge in [0.05, 0.1) is 18.2 Å². The van der Waals surface area contributed by atoms with Crippen molar-refractivity contribution in [3.63, 3.8) is 0 Å². The summed E-state index contributed by atoms with van der Waals surface area (Å²) in [7, 11) is 1.65. The summed E-state index contributed by atoms with van der Waals surface area (Å²) in [5.74, 6) is 2.24. The van der Waals surface area contributed by atoms with Crippen LogP contribution in [0.2, 0.25) is 0 Å². The molecule has 0 N–H and O–H groups in total. The highest BCUT2D eigenvalue weighted by Crippen LogP contribution is 2.35. The fourth-order valence-corrected chi connectivity index (χ4v) is 5.75. The Kier molecular flexibility index (Phi) is 5.28. The van der Waals surface area contributed by atoms with E-state index in [9.17, 15) is 4.79 Å². The Morgan fingerprint density at radius 3 is 2.67 bits per heavy atom. The van der Waals surface area contributed by atoms with E-state index >= 15 is 0 Å². The number of nitrogens with zero attached hydrogens (tertiary/aromatic N) is 2. The highest BCUT2D eigenvalue weighted by Gasteiger charge is 2.23. The van der Waals surface area contributed by atoms with Crippen molar-refractivity contribution in [1.29, 1.82) is 0 Å². The van der Waals surface area contributed by atoms with E-state index in [1.165, 1.54) is 16.9 Å². The molecule has 0 radical (unpaired) electrons. The highest BCUT2D eigenvalue weighted by molar-refractivity contribution is 7.99. The zero-order valence-electron chi connectivity index (χ0n) is 15.9. The van der Waals surface area contributed by atoms with Crippen LogP contribution in [0.3, 0.4) is 0 Å². The van der Waals surface area contributed by atoms with Crippen molar-refractivity contribution in [3.05, 3.63) is 45.1 Å². The van der Waals surface area contributed by atoms with Crippen LogP contribution in [-0.4, -0.2) is 22.4 Å². The molecule has 0 fully saturated rings. The van der Waals surface area contributed by atoms with Crippen LogP contribution in [0, 0.1) is 5.92 Å². The van der Waals surface area contributed by atoms with Crippen LogP contribution in [0.15, 0.2) is 34.2 Å². The number of thiophene rings is 1. The van der Waals surface area contributed by atoms with Gasteiger partial charge >= 0.3 is 0 Å². The van der Waals surface area contributed by atoms with Crippen LogP contribution < -0.4 is 10.3 Å². The van der Waals surface area contributed by atoms with E-state index < -0.39 is 0 Å². The first-order valence-electron chi connectivity index (χ1n) is 9.43. The van der Waals surface area contributed by atoms with Crippen molar-refractivity contribution in [1.82, 2.24) is 9.55 Å². The number of rotatable bonds is 5. The highest BCUT2D eigenvalue weighted by atomic mass is 32.2. The molecule has 142 valence electrons.